The van der Waals surface area contributed by atoms with Gasteiger partial charge in [-0.2, -0.15) is 0 Å². The Hall–Kier alpha value is -1.37. The third kappa shape index (κ3) is 0.605. The van der Waals surface area contributed by atoms with Crippen LogP contribution < -0.4 is 4.99 Å². The Bertz CT molecular complexity index is 352. The van der Waals surface area contributed by atoms with Crippen LogP contribution in [-0.4, -0.2) is 6.21 Å². The minimum absolute atomic E-state index is 0.913. The van der Waals surface area contributed by atoms with E-state index in [1.165, 1.54) is 4.99 Å². The summed E-state index contributed by atoms with van der Waals surface area (Å²) in [6, 6.07) is 7.77. The number of allylic oxidation sites excluding steroid dienone is 1. The summed E-state index contributed by atoms with van der Waals surface area (Å²) in [7, 11) is 0. The van der Waals surface area contributed by atoms with Gasteiger partial charge in [0.05, 0.1) is 5.56 Å². The van der Waals surface area contributed by atoms with Crippen LogP contribution >= 0.6 is 0 Å². The first kappa shape index (κ1) is 4.45. The van der Waals surface area contributed by atoms with E-state index >= 15 is 0 Å². The molecule has 48 valence electrons. The molecular weight excluding hydrogens is 122 g/mol. The van der Waals surface area contributed by atoms with E-state index in [0.717, 1.165) is 16.8 Å². The summed E-state index contributed by atoms with van der Waals surface area (Å²) in [5.74, 6) is 0. The van der Waals surface area contributed by atoms with Crippen molar-refractivity contribution >= 4 is 17.5 Å². The molecule has 0 bridgehead atoms. The van der Waals surface area contributed by atoms with Gasteiger partial charge in [0, 0.05) is 11.6 Å². The van der Waals surface area contributed by atoms with E-state index in [9.17, 15) is 0 Å². The molecule has 0 amide bonds. The van der Waals surface area contributed by atoms with Crippen LogP contribution in [0.5, 0.6) is 0 Å². The van der Waals surface area contributed by atoms with Gasteiger partial charge in [-0.15, -0.1) is 0 Å². The van der Waals surface area contributed by atoms with Gasteiger partial charge in [-0.05, 0) is 6.07 Å². The highest BCUT2D eigenvalue weighted by Gasteiger charge is 2.13. The van der Waals surface area contributed by atoms with Crippen LogP contribution in [0.15, 0.2) is 30.8 Å². The molecule has 1 aromatic rings. The maximum absolute atomic E-state index is 7.46. The largest absolute Gasteiger partial charge is 0.453 e. The molecule has 1 heterocycles. The zero-order chi connectivity index (χ0) is 7.84. The van der Waals surface area contributed by atoms with Gasteiger partial charge in [0.1, 0.15) is 0 Å². The monoisotopic (exact) mass is 132 g/mol. The van der Waals surface area contributed by atoms with E-state index in [4.69, 9.17) is 1.41 Å². The first-order chi connectivity index (χ1) is 5.29. The molecule has 1 N–H and O–H groups in total. The molecule has 0 aliphatic carbocycles. The lowest BCUT2D eigenvalue weighted by Crippen LogP contribution is -2.58. The average molecular weight is 132 g/mol. The van der Waals surface area contributed by atoms with Crippen molar-refractivity contribution in [3.05, 3.63) is 36.4 Å². The first-order valence-electron chi connectivity index (χ1n) is 3.65. The van der Waals surface area contributed by atoms with Gasteiger partial charge in [0.25, 0.3) is 0 Å². The van der Waals surface area contributed by atoms with Crippen molar-refractivity contribution in [2.45, 2.75) is 0 Å². The lowest BCUT2D eigenvalue weighted by molar-refractivity contribution is -0.342. The molecule has 1 nitrogen and oxygen atoms in total. The van der Waals surface area contributed by atoms with Gasteiger partial charge in [-0.25, -0.2) is 4.99 Å². The predicted molar refractivity (Wildman–Crippen MR) is 42.2 cm³/mol. The first-order valence-corrected chi connectivity index (χ1v) is 3.20. The topological polar surface area (TPSA) is 14.0 Å². The van der Waals surface area contributed by atoms with Crippen molar-refractivity contribution in [1.82, 2.24) is 0 Å². The molecule has 1 aliphatic rings. The summed E-state index contributed by atoms with van der Waals surface area (Å²) in [5, 5.41) is 0. The zero-order valence-electron chi connectivity index (χ0n) is 6.54. The molecule has 1 aliphatic heterocycles. The lowest BCUT2D eigenvalue weighted by atomic mass is 10.1. The van der Waals surface area contributed by atoms with Gasteiger partial charge in [0.15, 0.2) is 6.21 Å². The van der Waals surface area contributed by atoms with E-state index < -0.39 is 0 Å². The zero-order valence-corrected chi connectivity index (χ0v) is 5.54. The molecule has 2 rings (SSSR count). The SMILES string of the molecule is [3H][N+]1=CC(=C)c2ccccc21. The Morgan fingerprint density at radius 2 is 2.20 bits per heavy atom. The Morgan fingerprint density at radius 1 is 1.40 bits per heavy atom. The maximum atomic E-state index is 7.46. The van der Waals surface area contributed by atoms with Crippen LogP contribution in [0, 0.1) is 0 Å². The predicted octanol–water partition coefficient (Wildman–Crippen LogP) is 0.496. The molecule has 0 fully saturated rings. The highest BCUT2D eigenvalue weighted by atomic mass is 14.7. The van der Waals surface area contributed by atoms with Gasteiger partial charge in [-0.1, -0.05) is 18.7 Å². The van der Waals surface area contributed by atoms with Crippen molar-refractivity contribution in [2.75, 3.05) is 0 Å². The second-order valence-electron chi connectivity index (χ2n) is 2.30. The molecular formula is C9H8N+. The molecule has 0 unspecified atom stereocenters. The minimum atomic E-state index is 0.913. The minimum Gasteiger partial charge on any atom is -0.210 e. The smallest absolute Gasteiger partial charge is 0.210 e. The Labute approximate surface area is 61.2 Å². The summed E-state index contributed by atoms with van der Waals surface area (Å²) < 4.78 is 7.46. The maximum Gasteiger partial charge on any atom is 0.453 e. The summed E-state index contributed by atoms with van der Waals surface area (Å²) in [6.07, 6.45) is 1.71. The number of hydrogen-bond donors (Lipinski definition) is 1. The van der Waals surface area contributed by atoms with Gasteiger partial charge < -0.3 is 0 Å². The van der Waals surface area contributed by atoms with Crippen LogP contribution in [0.4, 0.5) is 5.69 Å². The van der Waals surface area contributed by atoms with Gasteiger partial charge in [0.2, 0.25) is 5.69 Å². The van der Waals surface area contributed by atoms with Crippen LogP contribution in [-0.2, 0) is 0 Å². The van der Waals surface area contributed by atoms with Crippen LogP contribution in [0.25, 0.3) is 5.57 Å². The van der Waals surface area contributed by atoms with E-state index in [1.54, 1.807) is 6.21 Å². The number of para-hydroxylation sites is 1. The quantitative estimate of drug-likeness (QED) is 0.528. The second-order valence-corrected chi connectivity index (χ2v) is 2.30. The van der Waals surface area contributed by atoms with Crippen LogP contribution in [0.1, 0.15) is 5.56 Å². The van der Waals surface area contributed by atoms with Crippen LogP contribution in [0.2, 0.25) is 1.41 Å². The third-order valence-electron chi connectivity index (χ3n) is 1.61. The number of rotatable bonds is 0. The van der Waals surface area contributed by atoms with E-state index in [2.05, 4.69) is 6.58 Å². The Kier molecular flexibility index (Phi) is 0.803. The summed E-state index contributed by atoms with van der Waals surface area (Å²) in [5.41, 5.74) is 2.88. The molecule has 1 aromatic carbocycles. The highest BCUT2D eigenvalue weighted by Crippen LogP contribution is 2.18. The van der Waals surface area contributed by atoms with E-state index in [0.29, 0.717) is 0 Å². The standard InChI is InChI=1S/C9H7N/c1-7-6-10-9-5-3-2-4-8(7)9/h2-6H,1H2/p+1/i/hT. The molecule has 1 heteroatoms. The van der Waals surface area contributed by atoms with E-state index in [-0.39, 0.29) is 0 Å². The molecule has 0 aromatic heterocycles. The van der Waals surface area contributed by atoms with Crippen molar-refractivity contribution < 1.29 is 6.40 Å². The fourth-order valence-electron chi connectivity index (χ4n) is 1.07. The summed E-state index contributed by atoms with van der Waals surface area (Å²) >= 11 is 0. The summed E-state index contributed by atoms with van der Waals surface area (Å²) in [6.45, 7) is 3.83. The normalized spacial score (nSPS) is 16.2. The summed E-state index contributed by atoms with van der Waals surface area (Å²) in [4.78, 5) is 1.34. The highest BCUT2D eigenvalue weighted by molar-refractivity contribution is 6.10. The molecule has 0 atom stereocenters. The molecule has 0 saturated heterocycles. The van der Waals surface area contributed by atoms with E-state index in [1.807, 2.05) is 24.3 Å². The Morgan fingerprint density at radius 3 is 3.00 bits per heavy atom. The fourth-order valence-corrected chi connectivity index (χ4v) is 1.07. The number of benzene rings is 1. The van der Waals surface area contributed by atoms with Crippen molar-refractivity contribution in [3.8, 4) is 0 Å². The second kappa shape index (κ2) is 1.81. The number of fused-ring (bicyclic) bond motifs is 1. The van der Waals surface area contributed by atoms with Crippen molar-refractivity contribution in [1.29, 1.82) is 0 Å². The Balaban J connectivity index is 2.71. The molecule has 10 heavy (non-hydrogen) atoms. The number of hydrogen-bond acceptors (Lipinski definition) is 0. The van der Waals surface area contributed by atoms with Crippen molar-refractivity contribution in [3.63, 3.8) is 0 Å². The molecule has 0 radical (unpaired) electrons. The number of nitrogens with one attached hydrogen (secondary N) is 1. The van der Waals surface area contributed by atoms with Crippen LogP contribution in [0.3, 0.4) is 0 Å². The van der Waals surface area contributed by atoms with Crippen molar-refractivity contribution in [2.24, 2.45) is 0 Å². The van der Waals surface area contributed by atoms with Gasteiger partial charge in [-0.3, -0.25) is 0 Å². The fraction of sp³-hybridized carbons (Fsp3) is 0. The van der Waals surface area contributed by atoms with Gasteiger partial charge >= 0.3 is 1.41 Å². The average Bonchev–Trinajstić information content (AvgIpc) is 2.30. The lowest BCUT2D eigenvalue weighted by Gasteiger charge is -1.88. The third-order valence-corrected chi connectivity index (χ3v) is 1.61. The molecule has 0 spiro atoms. The molecule has 0 saturated carbocycles.